The molecule has 0 amide bonds. The Labute approximate surface area is 115 Å². The number of carbonyl (C=O) groups is 2. The van der Waals surface area contributed by atoms with Crippen molar-refractivity contribution in [3.63, 3.8) is 0 Å². The van der Waals surface area contributed by atoms with Crippen molar-refractivity contribution in [2.45, 2.75) is 19.3 Å². The lowest BCUT2D eigenvalue weighted by atomic mass is 9.78. The van der Waals surface area contributed by atoms with Crippen LogP contribution in [0.25, 0.3) is 6.08 Å². The molecule has 0 radical (unpaired) electrons. The molecule has 1 heterocycles. The molecule has 1 aromatic carbocycles. The van der Waals surface area contributed by atoms with Crippen molar-refractivity contribution in [1.82, 2.24) is 0 Å². The molecule has 4 nitrogen and oxygen atoms in total. The van der Waals surface area contributed by atoms with Gasteiger partial charge in [-0.3, -0.25) is 9.59 Å². The Morgan fingerprint density at radius 1 is 1.40 bits per heavy atom. The minimum atomic E-state index is -1.49. The Bertz CT molecular complexity index is 535. The van der Waals surface area contributed by atoms with Gasteiger partial charge in [-0.25, -0.2) is 4.39 Å². The number of hydrogen-bond donors (Lipinski definition) is 1. The minimum Gasteiger partial charge on any atom is -0.480 e. The van der Waals surface area contributed by atoms with Crippen molar-refractivity contribution in [1.29, 1.82) is 0 Å². The van der Waals surface area contributed by atoms with Crippen molar-refractivity contribution in [3.8, 4) is 0 Å². The Morgan fingerprint density at radius 3 is 2.70 bits per heavy atom. The molecule has 2 rings (SSSR count). The molecule has 0 spiro atoms. The van der Waals surface area contributed by atoms with E-state index in [9.17, 15) is 19.1 Å². The van der Waals surface area contributed by atoms with Gasteiger partial charge in [0.15, 0.2) is 5.41 Å². The largest absolute Gasteiger partial charge is 0.480 e. The van der Waals surface area contributed by atoms with Crippen LogP contribution in [0.3, 0.4) is 0 Å². The number of esters is 1. The maximum Gasteiger partial charge on any atom is 0.323 e. The molecule has 0 bridgehead atoms. The van der Waals surface area contributed by atoms with Gasteiger partial charge in [0.05, 0.1) is 6.61 Å². The van der Waals surface area contributed by atoms with Crippen molar-refractivity contribution in [2.75, 3.05) is 6.61 Å². The molecule has 0 aromatic heterocycles. The number of carboxylic acid groups (broad SMARTS) is 1. The van der Waals surface area contributed by atoms with E-state index in [0.29, 0.717) is 6.42 Å². The van der Waals surface area contributed by atoms with E-state index in [1.54, 1.807) is 24.3 Å². The second-order valence-corrected chi connectivity index (χ2v) is 4.78. The van der Waals surface area contributed by atoms with Crippen LogP contribution in [0, 0.1) is 11.2 Å². The predicted octanol–water partition coefficient (Wildman–Crippen LogP) is 2.64. The zero-order valence-corrected chi connectivity index (χ0v) is 10.8. The Hall–Kier alpha value is -2.17. The monoisotopic (exact) mass is 278 g/mol. The number of aliphatic carboxylic acids is 1. The summed E-state index contributed by atoms with van der Waals surface area (Å²) >= 11 is 0. The lowest BCUT2D eigenvalue weighted by Crippen LogP contribution is -2.43. The average Bonchev–Trinajstić information content (AvgIpc) is 2.43. The third-order valence-electron chi connectivity index (χ3n) is 3.43. The van der Waals surface area contributed by atoms with Crippen molar-refractivity contribution in [3.05, 3.63) is 41.7 Å². The fourth-order valence-corrected chi connectivity index (χ4v) is 2.22. The molecule has 1 atom stereocenters. The molecule has 0 saturated carbocycles. The van der Waals surface area contributed by atoms with Crippen molar-refractivity contribution in [2.24, 2.45) is 5.41 Å². The first-order valence-corrected chi connectivity index (χ1v) is 6.37. The van der Waals surface area contributed by atoms with E-state index in [1.807, 2.05) is 0 Å². The van der Waals surface area contributed by atoms with E-state index in [0.717, 1.165) is 5.56 Å². The third kappa shape index (κ3) is 2.87. The first kappa shape index (κ1) is 14.2. The highest BCUT2D eigenvalue weighted by Gasteiger charge is 2.48. The molecule has 5 heteroatoms. The molecule has 1 unspecified atom stereocenters. The summed E-state index contributed by atoms with van der Waals surface area (Å²) < 4.78 is 17.6. The second kappa shape index (κ2) is 5.86. The summed E-state index contributed by atoms with van der Waals surface area (Å²) in [7, 11) is 0. The van der Waals surface area contributed by atoms with E-state index < -0.39 is 17.4 Å². The predicted molar refractivity (Wildman–Crippen MR) is 70.3 cm³/mol. The quantitative estimate of drug-likeness (QED) is 0.679. The van der Waals surface area contributed by atoms with Gasteiger partial charge in [-0.1, -0.05) is 24.3 Å². The fraction of sp³-hybridized carbons (Fsp3) is 0.333. The molecular weight excluding hydrogens is 263 g/mol. The normalized spacial score (nSPS) is 22.8. The Kier molecular flexibility index (Phi) is 4.17. The summed E-state index contributed by atoms with van der Waals surface area (Å²) in [5.41, 5.74) is -0.745. The highest BCUT2D eigenvalue weighted by Crippen LogP contribution is 2.34. The van der Waals surface area contributed by atoms with Gasteiger partial charge in [0.2, 0.25) is 0 Å². The van der Waals surface area contributed by atoms with Gasteiger partial charge in [-0.2, -0.15) is 0 Å². The topological polar surface area (TPSA) is 63.6 Å². The molecule has 1 fully saturated rings. The Balaban J connectivity index is 2.11. The van der Waals surface area contributed by atoms with E-state index in [1.165, 1.54) is 12.1 Å². The maximum atomic E-state index is 12.8. The average molecular weight is 278 g/mol. The van der Waals surface area contributed by atoms with Crippen LogP contribution >= 0.6 is 0 Å². The summed E-state index contributed by atoms with van der Waals surface area (Å²) in [6.45, 7) is 0.273. The van der Waals surface area contributed by atoms with Gasteiger partial charge < -0.3 is 9.84 Å². The molecular formula is C15H15FO4. The number of carboxylic acids is 1. The second-order valence-electron chi connectivity index (χ2n) is 4.78. The molecule has 1 aromatic rings. The van der Waals surface area contributed by atoms with Gasteiger partial charge in [-0.05, 0) is 37.0 Å². The SMILES string of the molecule is O=C(O)C1(CC=Cc2ccc(F)cc2)CCCOC1=O. The van der Waals surface area contributed by atoms with Crippen LogP contribution in [0.15, 0.2) is 30.3 Å². The van der Waals surface area contributed by atoms with Crippen LogP contribution in [0.2, 0.25) is 0 Å². The van der Waals surface area contributed by atoms with E-state index in [2.05, 4.69) is 0 Å². The molecule has 1 aliphatic rings. The number of halogens is 1. The van der Waals surface area contributed by atoms with E-state index in [4.69, 9.17) is 4.74 Å². The van der Waals surface area contributed by atoms with Crippen LogP contribution in [0.4, 0.5) is 4.39 Å². The highest BCUT2D eigenvalue weighted by molar-refractivity contribution is 5.99. The van der Waals surface area contributed by atoms with Crippen LogP contribution in [0.1, 0.15) is 24.8 Å². The molecule has 106 valence electrons. The lowest BCUT2D eigenvalue weighted by molar-refractivity contribution is -0.174. The van der Waals surface area contributed by atoms with Crippen molar-refractivity contribution >= 4 is 18.0 Å². The zero-order chi connectivity index (χ0) is 14.6. The van der Waals surface area contributed by atoms with Crippen LogP contribution in [-0.2, 0) is 14.3 Å². The maximum absolute atomic E-state index is 12.8. The van der Waals surface area contributed by atoms with Gasteiger partial charge in [-0.15, -0.1) is 0 Å². The van der Waals surface area contributed by atoms with Gasteiger partial charge in [0.25, 0.3) is 0 Å². The van der Waals surface area contributed by atoms with Crippen LogP contribution in [-0.4, -0.2) is 23.7 Å². The third-order valence-corrected chi connectivity index (χ3v) is 3.43. The van der Waals surface area contributed by atoms with E-state index >= 15 is 0 Å². The van der Waals surface area contributed by atoms with Gasteiger partial charge >= 0.3 is 11.9 Å². The van der Waals surface area contributed by atoms with Crippen LogP contribution < -0.4 is 0 Å². The first-order valence-electron chi connectivity index (χ1n) is 6.37. The number of ether oxygens (including phenoxy) is 1. The number of carbonyl (C=O) groups excluding carboxylic acids is 1. The Morgan fingerprint density at radius 2 is 2.10 bits per heavy atom. The molecule has 20 heavy (non-hydrogen) atoms. The van der Waals surface area contributed by atoms with Crippen molar-refractivity contribution < 1.29 is 23.8 Å². The number of allylic oxidation sites excluding steroid dienone is 1. The summed E-state index contributed by atoms with van der Waals surface area (Å²) in [4.78, 5) is 23.1. The zero-order valence-electron chi connectivity index (χ0n) is 10.8. The molecule has 1 saturated heterocycles. The lowest BCUT2D eigenvalue weighted by Gasteiger charge is -2.29. The molecule has 1 aliphatic heterocycles. The summed E-state index contributed by atoms with van der Waals surface area (Å²) in [6, 6.07) is 5.81. The highest BCUT2D eigenvalue weighted by atomic mass is 19.1. The van der Waals surface area contributed by atoms with Crippen LogP contribution in [0.5, 0.6) is 0 Å². The minimum absolute atomic E-state index is 0.0680. The first-order chi connectivity index (χ1) is 9.54. The number of cyclic esters (lactones) is 1. The van der Waals surface area contributed by atoms with E-state index in [-0.39, 0.29) is 25.3 Å². The standard InChI is InChI=1S/C15H15FO4/c16-12-6-4-11(5-7-12)3-1-8-15(13(17)18)9-2-10-20-14(15)19/h1,3-7H,2,8-10H2,(H,17,18). The van der Waals surface area contributed by atoms with Gasteiger partial charge in [0, 0.05) is 0 Å². The number of rotatable bonds is 4. The number of benzene rings is 1. The van der Waals surface area contributed by atoms with Gasteiger partial charge in [0.1, 0.15) is 5.82 Å². The molecule has 1 N–H and O–H groups in total. The summed E-state index contributed by atoms with van der Waals surface area (Å²) in [6.07, 6.45) is 4.18. The number of hydrogen-bond acceptors (Lipinski definition) is 3. The fourth-order valence-electron chi connectivity index (χ4n) is 2.22. The molecule has 0 aliphatic carbocycles. The summed E-state index contributed by atoms with van der Waals surface area (Å²) in [5.74, 6) is -2.18. The summed E-state index contributed by atoms with van der Waals surface area (Å²) in [5, 5.41) is 9.31. The smallest absolute Gasteiger partial charge is 0.323 e.